The van der Waals surface area contributed by atoms with E-state index in [2.05, 4.69) is 26.2 Å². The van der Waals surface area contributed by atoms with E-state index in [0.717, 1.165) is 13.2 Å². The van der Waals surface area contributed by atoms with Crippen LogP contribution in [0.3, 0.4) is 0 Å². The Bertz CT molecular complexity index is 158. The van der Waals surface area contributed by atoms with Crippen molar-refractivity contribution < 1.29 is 4.74 Å². The van der Waals surface area contributed by atoms with Gasteiger partial charge in [-0.2, -0.15) is 0 Å². The van der Waals surface area contributed by atoms with Crippen LogP contribution in [0.2, 0.25) is 0 Å². The molecular weight excluding hydrogens is 186 g/mol. The van der Waals surface area contributed by atoms with Crippen LogP contribution in [0.5, 0.6) is 0 Å². The van der Waals surface area contributed by atoms with Crippen molar-refractivity contribution >= 4 is 0 Å². The van der Waals surface area contributed by atoms with Gasteiger partial charge in [-0.3, -0.25) is 0 Å². The van der Waals surface area contributed by atoms with Crippen LogP contribution in [-0.2, 0) is 4.74 Å². The minimum atomic E-state index is 0.468. The first-order valence-electron chi connectivity index (χ1n) is 6.46. The molecule has 0 radical (unpaired) electrons. The lowest BCUT2D eigenvalue weighted by Gasteiger charge is -2.30. The van der Waals surface area contributed by atoms with Gasteiger partial charge in [-0.1, -0.05) is 20.3 Å². The fraction of sp³-hybridized carbons (Fsp3) is 1.00. The Hall–Kier alpha value is -0.0800. The zero-order valence-corrected chi connectivity index (χ0v) is 10.6. The second-order valence-electron chi connectivity index (χ2n) is 5.26. The molecule has 1 aliphatic rings. The Morgan fingerprint density at radius 1 is 1.40 bits per heavy atom. The minimum Gasteiger partial charge on any atom is -0.378 e. The van der Waals surface area contributed by atoms with Crippen LogP contribution < -0.4 is 5.32 Å². The molecule has 90 valence electrons. The molecule has 1 saturated heterocycles. The summed E-state index contributed by atoms with van der Waals surface area (Å²) in [7, 11) is 2.06. The van der Waals surface area contributed by atoms with Crippen molar-refractivity contribution in [1.82, 2.24) is 5.32 Å². The van der Waals surface area contributed by atoms with Crippen LogP contribution in [0.25, 0.3) is 0 Å². The van der Waals surface area contributed by atoms with Crippen LogP contribution in [0.15, 0.2) is 0 Å². The van der Waals surface area contributed by atoms with Gasteiger partial charge < -0.3 is 10.1 Å². The van der Waals surface area contributed by atoms with Crippen molar-refractivity contribution in [3.8, 4) is 0 Å². The maximum atomic E-state index is 5.68. The summed E-state index contributed by atoms with van der Waals surface area (Å²) < 4.78 is 5.68. The lowest BCUT2D eigenvalue weighted by molar-refractivity contribution is 0.0879. The highest BCUT2D eigenvalue weighted by Gasteiger charge is 2.25. The molecular formula is C13H27NO. The summed E-state index contributed by atoms with van der Waals surface area (Å²) in [5.74, 6) is 0. The second kappa shape index (κ2) is 6.49. The van der Waals surface area contributed by atoms with Gasteiger partial charge in [-0.25, -0.2) is 0 Å². The summed E-state index contributed by atoms with van der Waals surface area (Å²) in [6.07, 6.45) is 8.25. The molecule has 0 aromatic rings. The quantitative estimate of drug-likeness (QED) is 0.702. The van der Waals surface area contributed by atoms with E-state index in [0.29, 0.717) is 11.5 Å². The molecule has 1 heterocycles. The van der Waals surface area contributed by atoms with E-state index in [-0.39, 0.29) is 0 Å². The van der Waals surface area contributed by atoms with E-state index < -0.39 is 0 Å². The third-order valence-electron chi connectivity index (χ3n) is 3.55. The number of hydrogen-bond donors (Lipinski definition) is 1. The Morgan fingerprint density at radius 2 is 2.20 bits per heavy atom. The van der Waals surface area contributed by atoms with Gasteiger partial charge in [0.15, 0.2) is 0 Å². The van der Waals surface area contributed by atoms with E-state index in [1.54, 1.807) is 0 Å². The molecule has 0 aliphatic carbocycles. The first kappa shape index (κ1) is 13.0. The van der Waals surface area contributed by atoms with E-state index in [4.69, 9.17) is 4.74 Å². The summed E-state index contributed by atoms with van der Waals surface area (Å²) in [5.41, 5.74) is 0.468. The third kappa shape index (κ3) is 4.52. The number of ether oxygens (including phenoxy) is 1. The Balaban J connectivity index is 2.29. The molecule has 0 saturated carbocycles. The summed E-state index contributed by atoms with van der Waals surface area (Å²) >= 11 is 0. The minimum absolute atomic E-state index is 0.468. The zero-order valence-electron chi connectivity index (χ0n) is 10.6. The third-order valence-corrected chi connectivity index (χ3v) is 3.55. The predicted octanol–water partition coefficient (Wildman–Crippen LogP) is 2.97. The van der Waals surface area contributed by atoms with E-state index >= 15 is 0 Å². The lowest BCUT2D eigenvalue weighted by atomic mass is 9.80. The highest BCUT2D eigenvalue weighted by atomic mass is 16.5. The monoisotopic (exact) mass is 213 g/mol. The Labute approximate surface area is 94.8 Å². The molecule has 1 fully saturated rings. The van der Waals surface area contributed by atoms with Crippen LogP contribution in [0, 0.1) is 5.41 Å². The first-order valence-corrected chi connectivity index (χ1v) is 6.46. The zero-order chi connectivity index (χ0) is 11.1. The molecule has 0 aromatic carbocycles. The standard InChI is InChI=1S/C13H27NO/c1-4-8-13(2,11-14-3)9-7-12-6-5-10-15-12/h12,14H,4-11H2,1-3H3. The number of rotatable bonds is 7. The highest BCUT2D eigenvalue weighted by molar-refractivity contribution is 4.78. The first-order chi connectivity index (χ1) is 7.20. The average Bonchev–Trinajstić information content (AvgIpc) is 2.68. The Morgan fingerprint density at radius 3 is 2.73 bits per heavy atom. The number of hydrogen-bond acceptors (Lipinski definition) is 2. The summed E-state index contributed by atoms with van der Waals surface area (Å²) in [6, 6.07) is 0. The van der Waals surface area contributed by atoms with Crippen LogP contribution in [0.1, 0.15) is 52.4 Å². The Kier molecular flexibility index (Phi) is 5.62. The molecule has 1 N–H and O–H groups in total. The van der Waals surface area contributed by atoms with Crippen molar-refractivity contribution in [2.75, 3.05) is 20.2 Å². The molecule has 15 heavy (non-hydrogen) atoms. The van der Waals surface area contributed by atoms with Gasteiger partial charge >= 0.3 is 0 Å². The molecule has 0 amide bonds. The van der Waals surface area contributed by atoms with Crippen molar-refractivity contribution in [3.63, 3.8) is 0 Å². The molecule has 0 spiro atoms. The SMILES string of the molecule is CCCC(C)(CCC1CCCO1)CNC. The summed E-state index contributed by atoms with van der Waals surface area (Å²) in [4.78, 5) is 0. The summed E-state index contributed by atoms with van der Waals surface area (Å²) in [5, 5.41) is 3.33. The topological polar surface area (TPSA) is 21.3 Å². The number of nitrogens with one attached hydrogen (secondary N) is 1. The highest BCUT2D eigenvalue weighted by Crippen LogP contribution is 2.31. The fourth-order valence-electron chi connectivity index (χ4n) is 2.71. The van der Waals surface area contributed by atoms with Gasteiger partial charge in [0.05, 0.1) is 6.10 Å². The van der Waals surface area contributed by atoms with Gasteiger partial charge in [-0.15, -0.1) is 0 Å². The van der Waals surface area contributed by atoms with Gasteiger partial charge in [0, 0.05) is 13.2 Å². The lowest BCUT2D eigenvalue weighted by Crippen LogP contribution is -2.30. The molecule has 2 atom stereocenters. The van der Waals surface area contributed by atoms with Crippen LogP contribution >= 0.6 is 0 Å². The molecule has 0 aromatic heterocycles. The van der Waals surface area contributed by atoms with Gasteiger partial charge in [-0.05, 0) is 44.6 Å². The van der Waals surface area contributed by atoms with E-state index in [9.17, 15) is 0 Å². The molecule has 0 bridgehead atoms. The van der Waals surface area contributed by atoms with Gasteiger partial charge in [0.2, 0.25) is 0 Å². The van der Waals surface area contributed by atoms with Crippen molar-refractivity contribution in [2.24, 2.45) is 5.41 Å². The predicted molar refractivity (Wildman–Crippen MR) is 65.1 cm³/mol. The van der Waals surface area contributed by atoms with Gasteiger partial charge in [0.1, 0.15) is 0 Å². The van der Waals surface area contributed by atoms with Crippen molar-refractivity contribution in [1.29, 1.82) is 0 Å². The second-order valence-corrected chi connectivity index (χ2v) is 5.26. The molecule has 1 aliphatic heterocycles. The maximum Gasteiger partial charge on any atom is 0.0576 e. The van der Waals surface area contributed by atoms with Gasteiger partial charge in [0.25, 0.3) is 0 Å². The molecule has 1 rings (SSSR count). The largest absolute Gasteiger partial charge is 0.378 e. The normalized spacial score (nSPS) is 25.4. The summed E-state index contributed by atoms with van der Waals surface area (Å²) in [6.45, 7) is 6.80. The molecule has 2 unspecified atom stereocenters. The fourth-order valence-corrected chi connectivity index (χ4v) is 2.71. The van der Waals surface area contributed by atoms with Crippen molar-refractivity contribution in [3.05, 3.63) is 0 Å². The maximum absolute atomic E-state index is 5.68. The average molecular weight is 213 g/mol. The van der Waals surface area contributed by atoms with Crippen molar-refractivity contribution in [2.45, 2.75) is 58.5 Å². The molecule has 2 nitrogen and oxygen atoms in total. The van der Waals surface area contributed by atoms with E-state index in [1.807, 2.05) is 0 Å². The smallest absolute Gasteiger partial charge is 0.0576 e. The van der Waals surface area contributed by atoms with Crippen LogP contribution in [0.4, 0.5) is 0 Å². The van der Waals surface area contributed by atoms with Crippen LogP contribution in [-0.4, -0.2) is 26.3 Å². The molecule has 2 heteroatoms. The van der Waals surface area contributed by atoms with E-state index in [1.165, 1.54) is 38.5 Å².